The van der Waals surface area contributed by atoms with Gasteiger partial charge in [0.1, 0.15) is 0 Å². The largest absolute Gasteiger partial charge is 0.449 e. The van der Waals surface area contributed by atoms with Gasteiger partial charge in [-0.25, -0.2) is 0 Å². The highest BCUT2D eigenvalue weighted by molar-refractivity contribution is 6.29. The molecule has 10 rings (SSSR count). The molecule has 0 atom stereocenters. The molecule has 1 heterocycles. The van der Waals surface area contributed by atoms with Gasteiger partial charge >= 0.3 is 0 Å². The molecule has 0 spiro atoms. The van der Waals surface area contributed by atoms with Crippen LogP contribution in [-0.4, -0.2) is 7.05 Å². The normalized spacial score (nSPS) is 13.4. The fourth-order valence-corrected chi connectivity index (χ4v) is 8.23. The minimum atomic E-state index is -0.0641. The second-order valence-electron chi connectivity index (χ2n) is 13.7. The average Bonchev–Trinajstić information content (AvgIpc) is 3.38. The summed E-state index contributed by atoms with van der Waals surface area (Å²) in [5, 5.41) is 9.27. The molecule has 1 aliphatic carbocycles. The van der Waals surface area contributed by atoms with E-state index in [9.17, 15) is 0 Å². The summed E-state index contributed by atoms with van der Waals surface area (Å²) < 4.78 is 13.6. The Bertz CT molecular complexity index is 2830. The number of rotatable bonds is 2. The molecule has 0 unspecified atom stereocenters. The highest BCUT2D eigenvalue weighted by atomic mass is 16.4. The molecule has 49 heavy (non-hydrogen) atoms. The highest BCUT2D eigenvalue weighted by Gasteiger charge is 2.35. The van der Waals surface area contributed by atoms with Crippen LogP contribution in [-0.2, 0) is 5.41 Å². The Labute approximate surface area is 283 Å². The molecule has 0 aliphatic heterocycles. The quantitative estimate of drug-likeness (QED) is 0.178. The van der Waals surface area contributed by atoms with E-state index in [-0.39, 0.29) is 5.41 Å². The Balaban J connectivity index is 1.21. The molecule has 3 nitrogen and oxygen atoms in total. The molecule has 0 saturated carbocycles. The number of anilines is 2. The van der Waals surface area contributed by atoms with Crippen LogP contribution >= 0.6 is 0 Å². The Morgan fingerprint density at radius 3 is 1.63 bits per heavy atom. The zero-order valence-corrected chi connectivity index (χ0v) is 27.6. The van der Waals surface area contributed by atoms with Crippen LogP contribution in [0.25, 0.3) is 76.5 Å². The summed E-state index contributed by atoms with van der Waals surface area (Å²) in [6.07, 6.45) is 0. The Morgan fingerprint density at radius 2 is 0.939 bits per heavy atom. The zero-order valence-electron chi connectivity index (χ0n) is 27.6. The van der Waals surface area contributed by atoms with Gasteiger partial charge in [0.15, 0.2) is 22.3 Å². The van der Waals surface area contributed by atoms with Crippen LogP contribution in [0.3, 0.4) is 0 Å². The molecule has 234 valence electrons. The van der Waals surface area contributed by atoms with Gasteiger partial charge < -0.3 is 13.7 Å². The van der Waals surface area contributed by atoms with Gasteiger partial charge in [-0.05, 0) is 96.4 Å². The lowest BCUT2D eigenvalue weighted by Crippen LogP contribution is -2.16. The third-order valence-corrected chi connectivity index (χ3v) is 10.7. The molecular formula is C46H33NO2. The molecule has 1 aliphatic rings. The first-order valence-electron chi connectivity index (χ1n) is 16.9. The maximum absolute atomic E-state index is 6.96. The number of nitrogens with zero attached hydrogens (tertiary/aromatic N) is 1. The van der Waals surface area contributed by atoms with Gasteiger partial charge in [-0.2, -0.15) is 0 Å². The molecule has 0 amide bonds. The van der Waals surface area contributed by atoms with Gasteiger partial charge in [0.05, 0.1) is 0 Å². The molecule has 0 fully saturated rings. The summed E-state index contributed by atoms with van der Waals surface area (Å²) in [5.74, 6) is 0. The third kappa shape index (κ3) is 4.02. The fourth-order valence-electron chi connectivity index (χ4n) is 8.23. The van der Waals surface area contributed by atoms with E-state index < -0.39 is 0 Å². The lowest BCUT2D eigenvalue weighted by Gasteiger charge is -2.25. The van der Waals surface area contributed by atoms with Crippen molar-refractivity contribution in [2.24, 2.45) is 0 Å². The number of hydrogen-bond acceptors (Lipinski definition) is 3. The van der Waals surface area contributed by atoms with Crippen molar-refractivity contribution < 1.29 is 8.83 Å². The van der Waals surface area contributed by atoms with E-state index in [0.717, 1.165) is 33.1 Å². The van der Waals surface area contributed by atoms with E-state index >= 15 is 0 Å². The van der Waals surface area contributed by atoms with Crippen molar-refractivity contribution in [1.29, 1.82) is 0 Å². The first-order chi connectivity index (χ1) is 24.0. The van der Waals surface area contributed by atoms with Gasteiger partial charge in [-0.1, -0.05) is 117 Å². The second kappa shape index (κ2) is 10.2. The van der Waals surface area contributed by atoms with E-state index in [1.54, 1.807) is 0 Å². The van der Waals surface area contributed by atoms with Crippen LogP contribution in [0, 0.1) is 0 Å². The lowest BCUT2D eigenvalue weighted by molar-refractivity contribution is 0.584. The first-order valence-corrected chi connectivity index (χ1v) is 16.9. The van der Waals surface area contributed by atoms with Crippen molar-refractivity contribution in [2.75, 3.05) is 11.9 Å². The zero-order chi connectivity index (χ0) is 32.9. The molecule has 0 saturated heterocycles. The molecule has 9 aromatic rings. The van der Waals surface area contributed by atoms with Crippen molar-refractivity contribution in [3.63, 3.8) is 0 Å². The van der Waals surface area contributed by atoms with Gasteiger partial charge in [0.2, 0.25) is 0 Å². The van der Waals surface area contributed by atoms with Crippen LogP contribution in [0.5, 0.6) is 0 Å². The van der Waals surface area contributed by atoms with Crippen molar-refractivity contribution in [3.8, 4) is 11.1 Å². The van der Waals surface area contributed by atoms with Crippen LogP contribution in [0.15, 0.2) is 154 Å². The van der Waals surface area contributed by atoms with Crippen molar-refractivity contribution in [2.45, 2.75) is 19.3 Å². The van der Waals surface area contributed by atoms with Gasteiger partial charge in [-0.3, -0.25) is 0 Å². The Hall–Kier alpha value is -6.06. The minimum absolute atomic E-state index is 0.0641. The predicted molar refractivity (Wildman–Crippen MR) is 206 cm³/mol. The van der Waals surface area contributed by atoms with E-state index in [1.807, 2.05) is 12.1 Å². The van der Waals surface area contributed by atoms with E-state index in [4.69, 9.17) is 8.83 Å². The Kier molecular flexibility index (Phi) is 5.84. The molecule has 3 heteroatoms. The lowest BCUT2D eigenvalue weighted by atomic mass is 9.82. The van der Waals surface area contributed by atoms with Crippen LogP contribution in [0.4, 0.5) is 11.4 Å². The summed E-state index contributed by atoms with van der Waals surface area (Å²) >= 11 is 0. The van der Waals surface area contributed by atoms with E-state index in [2.05, 4.69) is 159 Å². The predicted octanol–water partition coefficient (Wildman–Crippen LogP) is 13.0. The Morgan fingerprint density at radius 1 is 0.429 bits per heavy atom. The second-order valence-corrected chi connectivity index (χ2v) is 13.7. The number of benzene rings is 7. The summed E-state index contributed by atoms with van der Waals surface area (Å²) in [7, 11) is 2.12. The fraction of sp³-hybridized carbons (Fsp3) is 0.0870. The van der Waals surface area contributed by atoms with Gasteiger partial charge in [0.25, 0.3) is 0 Å². The van der Waals surface area contributed by atoms with E-state index in [0.29, 0.717) is 16.7 Å². The summed E-state index contributed by atoms with van der Waals surface area (Å²) in [4.78, 5) is 2.23. The molecule has 8 aromatic carbocycles. The highest BCUT2D eigenvalue weighted by Crippen LogP contribution is 2.50. The smallest absolute Gasteiger partial charge is 0.178 e. The van der Waals surface area contributed by atoms with Gasteiger partial charge in [0, 0.05) is 35.3 Å². The topological polar surface area (TPSA) is 29.5 Å². The molecule has 0 radical (unpaired) electrons. The number of fused-ring (bicyclic) bond motifs is 14. The minimum Gasteiger partial charge on any atom is -0.449 e. The van der Waals surface area contributed by atoms with Crippen molar-refractivity contribution >= 4 is 76.8 Å². The first kappa shape index (κ1) is 28.0. The summed E-state index contributed by atoms with van der Waals surface area (Å²) in [5.41, 5.74) is 10.3. The summed E-state index contributed by atoms with van der Waals surface area (Å²) in [6.45, 7) is 4.64. The summed E-state index contributed by atoms with van der Waals surface area (Å²) in [6, 6.07) is 52.1. The van der Waals surface area contributed by atoms with Crippen LogP contribution in [0.2, 0.25) is 0 Å². The SMILES string of the molecule is CN(c1ccc2c(c1)C(C)(C)c1ccccc1-2)c1ccc2oc3ccc4c5ccccc5c5ccccc5c5ccccc5c4c3oc2c1. The molecule has 0 N–H and O–H groups in total. The third-order valence-electron chi connectivity index (χ3n) is 10.7. The molecular weight excluding hydrogens is 599 g/mol. The maximum Gasteiger partial charge on any atom is 0.178 e. The standard InChI is InChI=1S/C46H33NO2/c1-46(2)39-19-11-10-17-35(39)36-22-20-28(26-40(36)46)47(3)29-21-24-41-43(27-29)49-45-42(48-41)25-23-38-34-16-7-6-14-32(34)30-12-4-5-13-31(30)33-15-8-9-18-37(33)44(38)45/h4-27H,1-3H3. The maximum atomic E-state index is 6.96. The van der Waals surface area contributed by atoms with Gasteiger partial charge in [-0.15, -0.1) is 0 Å². The number of hydrogen-bond donors (Lipinski definition) is 0. The van der Waals surface area contributed by atoms with Crippen LogP contribution in [0.1, 0.15) is 25.0 Å². The van der Waals surface area contributed by atoms with Crippen molar-refractivity contribution in [1.82, 2.24) is 0 Å². The monoisotopic (exact) mass is 631 g/mol. The van der Waals surface area contributed by atoms with E-state index in [1.165, 1.54) is 49.2 Å². The van der Waals surface area contributed by atoms with Crippen molar-refractivity contribution in [3.05, 3.63) is 157 Å². The average molecular weight is 632 g/mol. The molecule has 0 bridgehead atoms. The molecule has 1 aromatic heterocycles. The van der Waals surface area contributed by atoms with Crippen LogP contribution < -0.4 is 4.90 Å².